The summed E-state index contributed by atoms with van der Waals surface area (Å²) in [5, 5.41) is 2.87. The summed E-state index contributed by atoms with van der Waals surface area (Å²) < 4.78 is 5.16. The first-order valence-electron chi connectivity index (χ1n) is 7.79. The molecule has 0 aliphatic rings. The van der Waals surface area contributed by atoms with Crippen molar-refractivity contribution >= 4 is 17.4 Å². The predicted molar refractivity (Wildman–Crippen MR) is 93.7 cm³/mol. The molecule has 2 aromatic rings. The molecule has 7 nitrogen and oxygen atoms in total. The molecule has 1 aromatic carbocycles. The van der Waals surface area contributed by atoms with Crippen molar-refractivity contribution in [3.63, 3.8) is 0 Å². The van der Waals surface area contributed by atoms with Crippen LogP contribution in [0.2, 0.25) is 0 Å². The SMILES string of the molecule is CCN(CC(=O)Nc1cccc(OC)c1)C(C)c1nccc(N)n1. The maximum Gasteiger partial charge on any atom is 0.238 e. The van der Waals surface area contributed by atoms with Gasteiger partial charge in [0.05, 0.1) is 19.7 Å². The number of methoxy groups -OCH3 is 1. The van der Waals surface area contributed by atoms with Crippen LogP contribution in [-0.4, -0.2) is 41.0 Å². The molecule has 7 heteroatoms. The molecule has 1 atom stereocenters. The monoisotopic (exact) mass is 329 g/mol. The molecule has 0 spiro atoms. The molecule has 0 saturated carbocycles. The number of ether oxygens (including phenoxy) is 1. The number of hydrogen-bond acceptors (Lipinski definition) is 6. The van der Waals surface area contributed by atoms with E-state index < -0.39 is 0 Å². The molecule has 0 radical (unpaired) electrons. The Morgan fingerprint density at radius 3 is 2.88 bits per heavy atom. The van der Waals surface area contributed by atoms with Crippen LogP contribution in [0.25, 0.3) is 0 Å². The average molecular weight is 329 g/mol. The number of anilines is 2. The fourth-order valence-corrected chi connectivity index (χ4v) is 2.36. The molecule has 0 fully saturated rings. The number of amides is 1. The Morgan fingerprint density at radius 1 is 1.42 bits per heavy atom. The second kappa shape index (κ2) is 8.26. The summed E-state index contributed by atoms with van der Waals surface area (Å²) in [6, 6.07) is 8.78. The third-order valence-corrected chi connectivity index (χ3v) is 3.72. The van der Waals surface area contributed by atoms with Crippen LogP contribution in [0.3, 0.4) is 0 Å². The minimum absolute atomic E-state index is 0.110. The van der Waals surface area contributed by atoms with Crippen molar-refractivity contribution in [1.82, 2.24) is 14.9 Å². The molecule has 0 saturated heterocycles. The maximum atomic E-state index is 12.3. The first-order valence-corrected chi connectivity index (χ1v) is 7.79. The minimum atomic E-state index is -0.116. The smallest absolute Gasteiger partial charge is 0.238 e. The van der Waals surface area contributed by atoms with Crippen molar-refractivity contribution in [3.8, 4) is 5.75 Å². The Kier molecular flexibility index (Phi) is 6.08. The van der Waals surface area contributed by atoms with Crippen molar-refractivity contribution in [2.75, 3.05) is 31.2 Å². The number of benzene rings is 1. The normalized spacial score (nSPS) is 12.0. The van der Waals surface area contributed by atoms with E-state index in [0.29, 0.717) is 29.6 Å². The number of hydrogen-bond donors (Lipinski definition) is 2. The predicted octanol–water partition coefficient (Wildman–Crippen LogP) is 2.09. The Morgan fingerprint density at radius 2 is 2.21 bits per heavy atom. The first-order chi connectivity index (χ1) is 11.5. The highest BCUT2D eigenvalue weighted by Crippen LogP contribution is 2.18. The number of carbonyl (C=O) groups is 1. The van der Waals surface area contributed by atoms with Crippen molar-refractivity contribution in [2.24, 2.45) is 0 Å². The fourth-order valence-electron chi connectivity index (χ4n) is 2.36. The Balaban J connectivity index is 2.02. The first kappa shape index (κ1) is 17.7. The van der Waals surface area contributed by atoms with E-state index in [4.69, 9.17) is 10.5 Å². The number of aromatic nitrogens is 2. The summed E-state index contributed by atoms with van der Waals surface area (Å²) in [5.41, 5.74) is 6.41. The van der Waals surface area contributed by atoms with Gasteiger partial charge in [-0.2, -0.15) is 0 Å². The highest BCUT2D eigenvalue weighted by Gasteiger charge is 2.19. The second-order valence-corrected chi connectivity index (χ2v) is 5.36. The lowest BCUT2D eigenvalue weighted by Crippen LogP contribution is -2.35. The van der Waals surface area contributed by atoms with Crippen LogP contribution in [-0.2, 0) is 4.79 Å². The van der Waals surface area contributed by atoms with E-state index in [1.165, 1.54) is 0 Å². The molecule has 1 amide bonds. The number of rotatable bonds is 7. The van der Waals surface area contributed by atoms with E-state index in [1.54, 1.807) is 25.4 Å². The third-order valence-electron chi connectivity index (χ3n) is 3.72. The molecular formula is C17H23N5O2. The van der Waals surface area contributed by atoms with Gasteiger partial charge in [0.1, 0.15) is 17.4 Å². The van der Waals surface area contributed by atoms with Crippen LogP contribution in [0.5, 0.6) is 5.75 Å². The Hall–Kier alpha value is -2.67. The molecule has 2 rings (SSSR count). The van der Waals surface area contributed by atoms with Gasteiger partial charge >= 0.3 is 0 Å². The third kappa shape index (κ3) is 4.66. The number of nitrogen functional groups attached to an aromatic ring is 1. The molecule has 1 unspecified atom stereocenters. The number of carbonyl (C=O) groups excluding carboxylic acids is 1. The van der Waals surface area contributed by atoms with Gasteiger partial charge in [-0.25, -0.2) is 9.97 Å². The summed E-state index contributed by atoms with van der Waals surface area (Å²) in [4.78, 5) is 22.8. The van der Waals surface area contributed by atoms with E-state index in [1.807, 2.05) is 36.9 Å². The molecule has 0 aliphatic carbocycles. The standard InChI is InChI=1S/C17H23N5O2/c1-4-22(12(2)17-19-9-8-15(18)21-17)11-16(23)20-13-6-5-7-14(10-13)24-3/h5-10,12H,4,11H2,1-3H3,(H,20,23)(H2,18,19,21). The summed E-state index contributed by atoms with van der Waals surface area (Å²) in [6.45, 7) is 4.86. The van der Waals surface area contributed by atoms with Crippen LogP contribution in [0.4, 0.5) is 11.5 Å². The second-order valence-electron chi connectivity index (χ2n) is 5.36. The van der Waals surface area contributed by atoms with Crippen LogP contribution in [0, 0.1) is 0 Å². The van der Waals surface area contributed by atoms with Crippen LogP contribution in [0.15, 0.2) is 36.5 Å². The number of likely N-dealkylation sites (N-methyl/N-ethyl adjacent to an activating group) is 1. The van der Waals surface area contributed by atoms with Crippen molar-refractivity contribution in [1.29, 1.82) is 0 Å². The van der Waals surface area contributed by atoms with Crippen molar-refractivity contribution in [3.05, 3.63) is 42.4 Å². The van der Waals surface area contributed by atoms with Gasteiger partial charge in [-0.15, -0.1) is 0 Å². The van der Waals surface area contributed by atoms with E-state index in [0.717, 1.165) is 0 Å². The van der Waals surface area contributed by atoms with Gasteiger partial charge in [-0.1, -0.05) is 13.0 Å². The Bertz CT molecular complexity index is 692. The highest BCUT2D eigenvalue weighted by atomic mass is 16.5. The molecule has 24 heavy (non-hydrogen) atoms. The summed E-state index contributed by atoms with van der Waals surface area (Å²) in [5.74, 6) is 1.61. The molecule has 0 bridgehead atoms. The van der Waals surface area contributed by atoms with E-state index in [2.05, 4.69) is 15.3 Å². The van der Waals surface area contributed by atoms with Crippen LogP contribution >= 0.6 is 0 Å². The van der Waals surface area contributed by atoms with Gasteiger partial charge in [0, 0.05) is 18.0 Å². The molecule has 1 heterocycles. The number of nitrogens with one attached hydrogen (secondary N) is 1. The summed E-state index contributed by atoms with van der Waals surface area (Å²) >= 11 is 0. The van der Waals surface area contributed by atoms with E-state index in [9.17, 15) is 4.79 Å². The lowest BCUT2D eigenvalue weighted by atomic mass is 10.2. The average Bonchev–Trinajstić information content (AvgIpc) is 2.59. The zero-order chi connectivity index (χ0) is 17.5. The topological polar surface area (TPSA) is 93.4 Å². The van der Waals surface area contributed by atoms with Crippen molar-refractivity contribution in [2.45, 2.75) is 19.9 Å². The highest BCUT2D eigenvalue weighted by molar-refractivity contribution is 5.92. The van der Waals surface area contributed by atoms with Crippen LogP contribution in [0.1, 0.15) is 25.7 Å². The zero-order valence-corrected chi connectivity index (χ0v) is 14.2. The van der Waals surface area contributed by atoms with E-state index in [-0.39, 0.29) is 18.5 Å². The molecule has 128 valence electrons. The lowest BCUT2D eigenvalue weighted by Gasteiger charge is -2.26. The van der Waals surface area contributed by atoms with Gasteiger partial charge in [0.2, 0.25) is 5.91 Å². The zero-order valence-electron chi connectivity index (χ0n) is 14.2. The van der Waals surface area contributed by atoms with Crippen molar-refractivity contribution < 1.29 is 9.53 Å². The Labute approximate surface area is 141 Å². The van der Waals surface area contributed by atoms with Gasteiger partial charge in [0.15, 0.2) is 0 Å². The number of nitrogens with two attached hydrogens (primary N) is 1. The molecular weight excluding hydrogens is 306 g/mol. The van der Waals surface area contributed by atoms with Gasteiger partial charge in [-0.3, -0.25) is 9.69 Å². The van der Waals surface area contributed by atoms with Gasteiger partial charge < -0.3 is 15.8 Å². The molecule has 3 N–H and O–H groups in total. The minimum Gasteiger partial charge on any atom is -0.497 e. The summed E-state index contributed by atoms with van der Waals surface area (Å²) in [7, 11) is 1.59. The fraction of sp³-hybridized carbons (Fsp3) is 0.353. The lowest BCUT2D eigenvalue weighted by molar-refractivity contribution is -0.117. The summed E-state index contributed by atoms with van der Waals surface area (Å²) in [6.07, 6.45) is 1.62. The molecule has 0 aliphatic heterocycles. The quantitative estimate of drug-likeness (QED) is 0.808. The molecule has 1 aromatic heterocycles. The number of nitrogens with zero attached hydrogens (tertiary/aromatic N) is 3. The maximum absolute atomic E-state index is 12.3. The van der Waals surface area contributed by atoms with Crippen LogP contribution < -0.4 is 15.8 Å². The van der Waals surface area contributed by atoms with Gasteiger partial charge in [-0.05, 0) is 31.7 Å². The van der Waals surface area contributed by atoms with E-state index >= 15 is 0 Å². The van der Waals surface area contributed by atoms with Gasteiger partial charge in [0.25, 0.3) is 0 Å². The largest absolute Gasteiger partial charge is 0.497 e.